The second kappa shape index (κ2) is 5.50. The average molecular weight is 248 g/mol. The average Bonchev–Trinajstić information content (AvgIpc) is 2.79. The number of aliphatic carboxylic acids is 1. The van der Waals surface area contributed by atoms with Crippen molar-refractivity contribution >= 4 is 5.97 Å². The molecule has 18 heavy (non-hydrogen) atoms. The van der Waals surface area contributed by atoms with E-state index in [1.165, 1.54) is 0 Å². The Morgan fingerprint density at radius 3 is 2.56 bits per heavy atom. The van der Waals surface area contributed by atoms with Crippen molar-refractivity contribution in [3.63, 3.8) is 0 Å². The first-order valence-electron chi connectivity index (χ1n) is 6.28. The van der Waals surface area contributed by atoms with Gasteiger partial charge in [-0.3, -0.25) is 9.69 Å². The van der Waals surface area contributed by atoms with E-state index < -0.39 is 12.0 Å². The molecule has 0 saturated carbocycles. The molecule has 1 fully saturated rings. The summed E-state index contributed by atoms with van der Waals surface area (Å²) >= 11 is 0. The second-order valence-corrected chi connectivity index (χ2v) is 5.05. The van der Waals surface area contributed by atoms with Crippen molar-refractivity contribution in [3.8, 4) is 0 Å². The number of carboxylic acid groups (broad SMARTS) is 1. The zero-order valence-electron chi connectivity index (χ0n) is 10.9. The Hall–Kier alpha value is -1.39. The molecular weight excluding hydrogens is 228 g/mol. The van der Waals surface area contributed by atoms with Crippen molar-refractivity contribution in [2.24, 2.45) is 0 Å². The molecule has 2 atom stereocenters. The van der Waals surface area contributed by atoms with Crippen molar-refractivity contribution in [3.05, 3.63) is 35.9 Å². The van der Waals surface area contributed by atoms with Crippen LogP contribution in [0.15, 0.2) is 30.3 Å². The molecule has 4 nitrogen and oxygen atoms in total. The maximum Gasteiger partial charge on any atom is 0.325 e. The summed E-state index contributed by atoms with van der Waals surface area (Å²) in [6, 6.07) is 9.42. The van der Waals surface area contributed by atoms with Crippen LogP contribution in [0.25, 0.3) is 0 Å². The topological polar surface area (TPSA) is 43.8 Å². The molecule has 0 aliphatic carbocycles. The Morgan fingerprint density at radius 1 is 1.39 bits per heavy atom. The van der Waals surface area contributed by atoms with E-state index >= 15 is 0 Å². The minimum atomic E-state index is -0.763. The molecule has 1 aromatic rings. The molecule has 2 rings (SSSR count). The summed E-state index contributed by atoms with van der Waals surface area (Å²) < 4.78 is 0. The van der Waals surface area contributed by atoms with Crippen LogP contribution < -0.4 is 0 Å². The van der Waals surface area contributed by atoms with Gasteiger partial charge < -0.3 is 10.0 Å². The Morgan fingerprint density at radius 2 is 2.06 bits per heavy atom. The van der Waals surface area contributed by atoms with Crippen LogP contribution >= 0.6 is 0 Å². The summed E-state index contributed by atoms with van der Waals surface area (Å²) in [4.78, 5) is 15.7. The standard InChI is InChI=1S/C14H20N2O2/c1-15(2)12-8-9-16(10-12)13(14(17)18)11-6-4-3-5-7-11/h3-7,12-13H,8-10H2,1-2H3,(H,17,18). The van der Waals surface area contributed by atoms with Crippen LogP contribution in [0.1, 0.15) is 18.0 Å². The zero-order valence-corrected chi connectivity index (χ0v) is 10.9. The molecule has 1 aromatic carbocycles. The van der Waals surface area contributed by atoms with Gasteiger partial charge in [-0.25, -0.2) is 0 Å². The third-order valence-electron chi connectivity index (χ3n) is 3.64. The number of carbonyl (C=O) groups is 1. The lowest BCUT2D eigenvalue weighted by Crippen LogP contribution is -2.36. The number of likely N-dealkylation sites (tertiary alicyclic amines) is 1. The molecule has 0 bridgehead atoms. The molecule has 4 heteroatoms. The predicted octanol–water partition coefficient (Wildman–Crippen LogP) is 1.45. The van der Waals surface area contributed by atoms with Gasteiger partial charge in [0.1, 0.15) is 6.04 Å². The molecule has 0 aromatic heterocycles. The van der Waals surface area contributed by atoms with Gasteiger partial charge in [0.05, 0.1) is 0 Å². The highest BCUT2D eigenvalue weighted by molar-refractivity contribution is 5.75. The minimum absolute atomic E-state index is 0.454. The van der Waals surface area contributed by atoms with Gasteiger partial charge in [-0.2, -0.15) is 0 Å². The predicted molar refractivity (Wildman–Crippen MR) is 70.5 cm³/mol. The van der Waals surface area contributed by atoms with E-state index in [1.54, 1.807) is 0 Å². The van der Waals surface area contributed by atoms with Gasteiger partial charge in [-0.05, 0) is 26.1 Å². The molecule has 1 saturated heterocycles. The molecule has 2 unspecified atom stereocenters. The number of hydrogen-bond donors (Lipinski definition) is 1. The normalized spacial score (nSPS) is 22.3. The number of benzene rings is 1. The fourth-order valence-electron chi connectivity index (χ4n) is 2.57. The molecular formula is C14H20N2O2. The van der Waals surface area contributed by atoms with Crippen molar-refractivity contribution in [1.29, 1.82) is 0 Å². The summed E-state index contributed by atoms with van der Waals surface area (Å²) in [7, 11) is 4.10. The molecule has 1 aliphatic rings. The van der Waals surface area contributed by atoms with Crippen molar-refractivity contribution in [2.75, 3.05) is 27.2 Å². The van der Waals surface area contributed by atoms with E-state index in [2.05, 4.69) is 9.80 Å². The van der Waals surface area contributed by atoms with Crippen molar-refractivity contribution in [2.45, 2.75) is 18.5 Å². The maximum atomic E-state index is 11.5. The summed E-state index contributed by atoms with van der Waals surface area (Å²) in [5, 5.41) is 9.46. The van der Waals surface area contributed by atoms with Crippen molar-refractivity contribution < 1.29 is 9.90 Å². The molecule has 0 amide bonds. The monoisotopic (exact) mass is 248 g/mol. The Bertz CT molecular complexity index is 406. The van der Waals surface area contributed by atoms with Crippen LogP contribution in [0.3, 0.4) is 0 Å². The summed E-state index contributed by atoms with van der Waals surface area (Å²) in [6.45, 7) is 1.66. The number of nitrogens with zero attached hydrogens (tertiary/aromatic N) is 2. The molecule has 0 spiro atoms. The number of likely N-dealkylation sites (N-methyl/N-ethyl adjacent to an activating group) is 1. The van der Waals surface area contributed by atoms with E-state index in [0.717, 1.165) is 25.1 Å². The summed E-state index contributed by atoms with van der Waals surface area (Å²) in [6.07, 6.45) is 1.03. The molecule has 1 aliphatic heterocycles. The van der Waals surface area contributed by atoms with E-state index in [-0.39, 0.29) is 0 Å². The number of hydrogen-bond acceptors (Lipinski definition) is 3. The summed E-state index contributed by atoms with van der Waals surface area (Å²) in [5.74, 6) is -0.763. The highest BCUT2D eigenvalue weighted by atomic mass is 16.4. The molecule has 1 N–H and O–H groups in total. The van der Waals surface area contributed by atoms with Crippen LogP contribution in [0, 0.1) is 0 Å². The van der Waals surface area contributed by atoms with Crippen LogP contribution in [0.4, 0.5) is 0 Å². The van der Waals surface area contributed by atoms with Gasteiger partial charge in [0.2, 0.25) is 0 Å². The van der Waals surface area contributed by atoms with Gasteiger partial charge in [-0.1, -0.05) is 30.3 Å². The molecule has 0 radical (unpaired) electrons. The maximum absolute atomic E-state index is 11.5. The number of carboxylic acids is 1. The van der Waals surface area contributed by atoms with E-state index in [9.17, 15) is 9.90 Å². The number of rotatable bonds is 4. The lowest BCUT2D eigenvalue weighted by atomic mass is 10.1. The second-order valence-electron chi connectivity index (χ2n) is 5.05. The van der Waals surface area contributed by atoms with Gasteiger partial charge in [0.15, 0.2) is 0 Å². The first-order valence-corrected chi connectivity index (χ1v) is 6.28. The van der Waals surface area contributed by atoms with Crippen LogP contribution in [-0.4, -0.2) is 54.1 Å². The van der Waals surface area contributed by atoms with Gasteiger partial charge in [-0.15, -0.1) is 0 Å². The Kier molecular flexibility index (Phi) is 3.99. The van der Waals surface area contributed by atoms with Crippen LogP contribution in [0.5, 0.6) is 0 Å². The summed E-state index contributed by atoms with van der Waals surface area (Å²) in [5.41, 5.74) is 0.865. The lowest BCUT2D eigenvalue weighted by Gasteiger charge is -2.26. The zero-order chi connectivity index (χ0) is 13.1. The fourth-order valence-corrected chi connectivity index (χ4v) is 2.57. The fraction of sp³-hybridized carbons (Fsp3) is 0.500. The van der Waals surface area contributed by atoms with Gasteiger partial charge in [0.25, 0.3) is 0 Å². The Balaban J connectivity index is 2.16. The Labute approximate surface area is 108 Å². The third-order valence-corrected chi connectivity index (χ3v) is 3.64. The van der Waals surface area contributed by atoms with Crippen LogP contribution in [0.2, 0.25) is 0 Å². The highest BCUT2D eigenvalue weighted by Gasteiger charge is 2.33. The quantitative estimate of drug-likeness (QED) is 0.876. The highest BCUT2D eigenvalue weighted by Crippen LogP contribution is 2.26. The molecule has 98 valence electrons. The minimum Gasteiger partial charge on any atom is -0.480 e. The third kappa shape index (κ3) is 2.71. The largest absolute Gasteiger partial charge is 0.480 e. The van der Waals surface area contributed by atoms with Gasteiger partial charge in [0, 0.05) is 19.1 Å². The first-order chi connectivity index (χ1) is 8.59. The lowest BCUT2D eigenvalue weighted by molar-refractivity contribution is -0.143. The molecule has 1 heterocycles. The van der Waals surface area contributed by atoms with Crippen LogP contribution in [-0.2, 0) is 4.79 Å². The van der Waals surface area contributed by atoms with Crippen molar-refractivity contribution in [1.82, 2.24) is 9.80 Å². The van der Waals surface area contributed by atoms with E-state index in [4.69, 9.17) is 0 Å². The smallest absolute Gasteiger partial charge is 0.325 e. The van der Waals surface area contributed by atoms with Gasteiger partial charge >= 0.3 is 5.97 Å². The van der Waals surface area contributed by atoms with E-state index in [1.807, 2.05) is 44.4 Å². The van der Waals surface area contributed by atoms with E-state index in [0.29, 0.717) is 6.04 Å². The SMILES string of the molecule is CN(C)C1CCN(C(C(=O)O)c2ccccc2)C1. The first kappa shape index (κ1) is 13.1.